The highest BCUT2D eigenvalue weighted by Gasteiger charge is 2.15. The molecule has 5 rings (SSSR count). The highest BCUT2D eigenvalue weighted by atomic mass is 16.3. The molecule has 152 valence electrons. The van der Waals surface area contributed by atoms with Gasteiger partial charge in [-0.3, -0.25) is 0 Å². The number of furan rings is 1. The van der Waals surface area contributed by atoms with E-state index < -0.39 is 0 Å². The second-order valence-electron chi connectivity index (χ2n) is 7.51. The number of nitrogens with zero attached hydrogens (tertiary/aromatic N) is 4. The lowest BCUT2D eigenvalue weighted by molar-refractivity contribution is 0.582. The van der Waals surface area contributed by atoms with Gasteiger partial charge in [0.15, 0.2) is 5.65 Å². The van der Waals surface area contributed by atoms with E-state index in [-0.39, 0.29) is 0 Å². The first kappa shape index (κ1) is 18.8. The molecule has 2 N–H and O–H groups in total. The Morgan fingerprint density at radius 3 is 2.39 bits per heavy atom. The number of hydrogen-bond acceptors (Lipinski definition) is 6. The Bertz CT molecular complexity index is 1360. The minimum absolute atomic E-state index is 0.408. The van der Waals surface area contributed by atoms with Crippen molar-refractivity contribution in [2.24, 2.45) is 0 Å². The van der Waals surface area contributed by atoms with Gasteiger partial charge in [-0.1, -0.05) is 30.3 Å². The van der Waals surface area contributed by atoms with Crippen LogP contribution in [0.25, 0.3) is 44.7 Å². The molecule has 0 atom stereocenters. The zero-order chi connectivity index (χ0) is 21.4. The number of fused-ring (bicyclic) bond motifs is 1. The van der Waals surface area contributed by atoms with Gasteiger partial charge in [0, 0.05) is 30.9 Å². The number of benzene rings is 2. The third-order valence-corrected chi connectivity index (χ3v) is 5.29. The van der Waals surface area contributed by atoms with E-state index in [1.165, 1.54) is 6.33 Å². The van der Waals surface area contributed by atoms with E-state index in [0.29, 0.717) is 11.5 Å². The third-order valence-electron chi connectivity index (χ3n) is 5.29. The fourth-order valence-corrected chi connectivity index (χ4v) is 3.68. The van der Waals surface area contributed by atoms with Crippen molar-refractivity contribution in [3.63, 3.8) is 0 Å². The predicted octanol–water partition coefficient (Wildman–Crippen LogP) is 5.27. The molecule has 5 aromatic rings. The monoisotopic (exact) mass is 407 g/mol. The average molecular weight is 407 g/mol. The zero-order valence-electron chi connectivity index (χ0n) is 17.3. The summed E-state index contributed by atoms with van der Waals surface area (Å²) in [6, 6.07) is 22.3. The van der Waals surface area contributed by atoms with Crippen molar-refractivity contribution in [3.8, 4) is 33.7 Å². The van der Waals surface area contributed by atoms with Gasteiger partial charge in [0.05, 0.1) is 17.3 Å². The molecule has 2 aromatic carbocycles. The summed E-state index contributed by atoms with van der Waals surface area (Å²) in [6.07, 6.45) is 3.12. The van der Waals surface area contributed by atoms with Crippen molar-refractivity contribution >= 4 is 22.5 Å². The summed E-state index contributed by atoms with van der Waals surface area (Å²) in [4.78, 5) is 15.4. The number of nitrogen functional groups attached to an aromatic ring is 1. The number of pyridine rings is 1. The van der Waals surface area contributed by atoms with Gasteiger partial charge in [-0.15, -0.1) is 0 Å². The summed E-state index contributed by atoms with van der Waals surface area (Å²) in [6.45, 7) is 0. The molecular weight excluding hydrogens is 386 g/mol. The number of aromatic nitrogens is 3. The van der Waals surface area contributed by atoms with Gasteiger partial charge < -0.3 is 15.1 Å². The largest absolute Gasteiger partial charge is 0.464 e. The van der Waals surface area contributed by atoms with E-state index in [0.717, 1.165) is 44.8 Å². The van der Waals surface area contributed by atoms with E-state index in [1.54, 1.807) is 6.26 Å². The molecule has 3 heterocycles. The highest BCUT2D eigenvalue weighted by Crippen LogP contribution is 2.35. The SMILES string of the molecule is CN(C)c1ccc(-c2cc(-c3cccc(-c4ccco4)c3)c3c(N)ncnc3n2)cc1. The van der Waals surface area contributed by atoms with Gasteiger partial charge in [0.1, 0.15) is 17.9 Å². The van der Waals surface area contributed by atoms with Gasteiger partial charge in [-0.05, 0) is 47.5 Å². The Kier molecular flexibility index (Phi) is 4.59. The first-order chi connectivity index (χ1) is 15.1. The normalized spacial score (nSPS) is 11.0. The summed E-state index contributed by atoms with van der Waals surface area (Å²) < 4.78 is 5.58. The lowest BCUT2D eigenvalue weighted by Crippen LogP contribution is -2.08. The van der Waals surface area contributed by atoms with Crippen LogP contribution < -0.4 is 10.6 Å². The second-order valence-corrected chi connectivity index (χ2v) is 7.51. The molecule has 0 bridgehead atoms. The van der Waals surface area contributed by atoms with Crippen LogP contribution in [0.2, 0.25) is 0 Å². The fraction of sp³-hybridized carbons (Fsp3) is 0.0800. The van der Waals surface area contributed by atoms with Crippen LogP contribution in [0.5, 0.6) is 0 Å². The molecule has 31 heavy (non-hydrogen) atoms. The highest BCUT2D eigenvalue weighted by molar-refractivity contribution is 6.01. The maximum Gasteiger partial charge on any atom is 0.165 e. The van der Waals surface area contributed by atoms with E-state index >= 15 is 0 Å². The average Bonchev–Trinajstić information content (AvgIpc) is 3.34. The van der Waals surface area contributed by atoms with Gasteiger partial charge in [-0.2, -0.15) is 0 Å². The Balaban J connectivity index is 1.71. The van der Waals surface area contributed by atoms with E-state index in [1.807, 2.05) is 50.5 Å². The predicted molar refractivity (Wildman–Crippen MR) is 125 cm³/mol. The lowest BCUT2D eigenvalue weighted by atomic mass is 9.97. The van der Waals surface area contributed by atoms with Gasteiger partial charge in [-0.25, -0.2) is 15.0 Å². The van der Waals surface area contributed by atoms with Crippen LogP contribution >= 0.6 is 0 Å². The maximum atomic E-state index is 6.25. The standard InChI is InChI=1S/C25H21N5O/c1-30(2)19-10-8-16(9-11-19)21-14-20(23-24(26)27-15-28-25(23)29-21)17-5-3-6-18(13-17)22-7-4-12-31-22/h3-15H,1-2H3,(H2,26,27,28,29). The molecule has 0 amide bonds. The summed E-state index contributed by atoms with van der Waals surface area (Å²) in [5, 5.41) is 0.743. The molecule has 0 spiro atoms. The molecule has 0 saturated heterocycles. The Morgan fingerprint density at radius 2 is 1.65 bits per heavy atom. The van der Waals surface area contributed by atoms with Gasteiger partial charge >= 0.3 is 0 Å². The van der Waals surface area contributed by atoms with Crippen molar-refractivity contribution in [1.29, 1.82) is 0 Å². The molecule has 0 unspecified atom stereocenters. The van der Waals surface area contributed by atoms with Gasteiger partial charge in [0.25, 0.3) is 0 Å². The number of hydrogen-bond donors (Lipinski definition) is 1. The minimum Gasteiger partial charge on any atom is -0.464 e. The van der Waals surface area contributed by atoms with Crippen LogP contribution in [0, 0.1) is 0 Å². The van der Waals surface area contributed by atoms with Crippen molar-refractivity contribution in [3.05, 3.63) is 79.3 Å². The van der Waals surface area contributed by atoms with Gasteiger partial charge in [0.2, 0.25) is 0 Å². The smallest absolute Gasteiger partial charge is 0.165 e. The van der Waals surface area contributed by atoms with Crippen LogP contribution in [0.15, 0.2) is 83.7 Å². The molecule has 6 heteroatoms. The van der Waals surface area contributed by atoms with Crippen LogP contribution in [0.4, 0.5) is 11.5 Å². The molecule has 0 aliphatic heterocycles. The van der Waals surface area contributed by atoms with Crippen LogP contribution in [0.1, 0.15) is 0 Å². The molecule has 6 nitrogen and oxygen atoms in total. The molecule has 0 fully saturated rings. The molecule has 0 saturated carbocycles. The molecule has 0 aliphatic carbocycles. The first-order valence-corrected chi connectivity index (χ1v) is 9.93. The second kappa shape index (κ2) is 7.57. The van der Waals surface area contributed by atoms with E-state index in [4.69, 9.17) is 15.1 Å². The zero-order valence-corrected chi connectivity index (χ0v) is 17.3. The summed E-state index contributed by atoms with van der Waals surface area (Å²) in [5.74, 6) is 1.22. The molecular formula is C25H21N5O. The maximum absolute atomic E-state index is 6.25. The summed E-state index contributed by atoms with van der Waals surface area (Å²) >= 11 is 0. The number of nitrogens with two attached hydrogens (primary N) is 1. The molecule has 3 aromatic heterocycles. The fourth-order valence-electron chi connectivity index (χ4n) is 3.68. The Hall–Kier alpha value is -4.19. The van der Waals surface area contributed by atoms with Crippen LogP contribution in [-0.2, 0) is 0 Å². The number of anilines is 2. The third kappa shape index (κ3) is 3.48. The molecule has 0 aliphatic rings. The van der Waals surface area contributed by atoms with Crippen molar-refractivity contribution in [1.82, 2.24) is 15.0 Å². The van der Waals surface area contributed by atoms with Crippen molar-refractivity contribution in [2.45, 2.75) is 0 Å². The van der Waals surface area contributed by atoms with E-state index in [2.05, 4.69) is 45.2 Å². The van der Waals surface area contributed by atoms with Crippen LogP contribution in [-0.4, -0.2) is 29.0 Å². The van der Waals surface area contributed by atoms with E-state index in [9.17, 15) is 0 Å². The Labute approximate surface area is 180 Å². The summed E-state index contributed by atoms with van der Waals surface area (Å²) in [7, 11) is 4.04. The lowest BCUT2D eigenvalue weighted by Gasteiger charge is -2.14. The minimum atomic E-state index is 0.408. The molecule has 0 radical (unpaired) electrons. The topological polar surface area (TPSA) is 81.1 Å². The quantitative estimate of drug-likeness (QED) is 0.437. The first-order valence-electron chi connectivity index (χ1n) is 9.93. The Morgan fingerprint density at radius 1 is 0.839 bits per heavy atom. The summed E-state index contributed by atoms with van der Waals surface area (Å²) in [5.41, 5.74) is 12.7. The number of rotatable bonds is 4. The van der Waals surface area contributed by atoms with Crippen molar-refractivity contribution in [2.75, 3.05) is 24.7 Å². The van der Waals surface area contributed by atoms with Crippen LogP contribution in [0.3, 0.4) is 0 Å². The van der Waals surface area contributed by atoms with Crippen molar-refractivity contribution < 1.29 is 4.42 Å².